The zero-order chi connectivity index (χ0) is 14.8. The largest absolute Gasteiger partial charge is 0.486 e. The molecule has 110 valence electrons. The molecule has 0 radical (unpaired) electrons. The first-order valence-electron chi connectivity index (χ1n) is 6.96. The molecule has 21 heavy (non-hydrogen) atoms. The third-order valence-electron chi connectivity index (χ3n) is 3.53. The second-order valence-corrected chi connectivity index (χ2v) is 6.08. The number of aryl methyl sites for hydroxylation is 1. The smallest absolute Gasteiger partial charge is 0.162 e. The van der Waals surface area contributed by atoms with Crippen molar-refractivity contribution in [3.05, 3.63) is 57.6 Å². The SMILES string of the molecule is Cc1cccc(CC(O)c2cc3c(cc2Br)OCCO3)c1. The molecule has 0 spiro atoms. The van der Waals surface area contributed by atoms with Crippen LogP contribution in [-0.4, -0.2) is 18.3 Å². The normalized spacial score (nSPS) is 14.8. The number of aliphatic hydroxyl groups excluding tert-OH is 1. The molecule has 0 saturated heterocycles. The molecule has 1 aliphatic heterocycles. The van der Waals surface area contributed by atoms with Crippen molar-refractivity contribution in [3.63, 3.8) is 0 Å². The Hall–Kier alpha value is -1.52. The topological polar surface area (TPSA) is 38.7 Å². The van der Waals surface area contributed by atoms with E-state index >= 15 is 0 Å². The van der Waals surface area contributed by atoms with Gasteiger partial charge >= 0.3 is 0 Å². The number of aliphatic hydroxyl groups is 1. The van der Waals surface area contributed by atoms with Crippen LogP contribution in [-0.2, 0) is 6.42 Å². The predicted molar refractivity (Wildman–Crippen MR) is 85.0 cm³/mol. The summed E-state index contributed by atoms with van der Waals surface area (Å²) in [7, 11) is 0. The Morgan fingerprint density at radius 2 is 1.86 bits per heavy atom. The summed E-state index contributed by atoms with van der Waals surface area (Å²) in [5, 5.41) is 10.5. The molecule has 1 N–H and O–H groups in total. The Labute approximate surface area is 132 Å². The molecular formula is C17H17BrO3. The van der Waals surface area contributed by atoms with E-state index in [1.54, 1.807) is 0 Å². The van der Waals surface area contributed by atoms with Crippen LogP contribution in [0.2, 0.25) is 0 Å². The molecule has 1 unspecified atom stereocenters. The Bertz CT molecular complexity index is 654. The number of benzene rings is 2. The summed E-state index contributed by atoms with van der Waals surface area (Å²) in [4.78, 5) is 0. The van der Waals surface area contributed by atoms with Gasteiger partial charge in [-0.25, -0.2) is 0 Å². The maximum atomic E-state index is 10.5. The van der Waals surface area contributed by atoms with E-state index in [4.69, 9.17) is 9.47 Å². The molecule has 2 aromatic rings. The van der Waals surface area contributed by atoms with Gasteiger partial charge in [0.2, 0.25) is 0 Å². The molecule has 0 amide bonds. The van der Waals surface area contributed by atoms with Crippen LogP contribution >= 0.6 is 15.9 Å². The Kier molecular flexibility index (Phi) is 4.17. The minimum atomic E-state index is -0.586. The fourth-order valence-corrected chi connectivity index (χ4v) is 3.09. The van der Waals surface area contributed by atoms with Gasteiger partial charge in [0.05, 0.1) is 6.10 Å². The first kappa shape index (κ1) is 14.4. The molecule has 0 fully saturated rings. The monoisotopic (exact) mass is 348 g/mol. The molecule has 0 saturated carbocycles. The lowest BCUT2D eigenvalue weighted by atomic mass is 10.00. The van der Waals surface area contributed by atoms with E-state index < -0.39 is 6.10 Å². The van der Waals surface area contributed by atoms with Gasteiger partial charge in [0.1, 0.15) is 13.2 Å². The van der Waals surface area contributed by atoms with Crippen LogP contribution < -0.4 is 9.47 Å². The highest BCUT2D eigenvalue weighted by Gasteiger charge is 2.19. The van der Waals surface area contributed by atoms with Crippen molar-refractivity contribution in [1.29, 1.82) is 0 Å². The molecule has 1 heterocycles. The van der Waals surface area contributed by atoms with Crippen LogP contribution in [0, 0.1) is 6.92 Å². The van der Waals surface area contributed by atoms with Crippen molar-refractivity contribution < 1.29 is 14.6 Å². The van der Waals surface area contributed by atoms with Gasteiger partial charge < -0.3 is 14.6 Å². The Morgan fingerprint density at radius 1 is 1.14 bits per heavy atom. The van der Waals surface area contributed by atoms with E-state index in [2.05, 4.69) is 35.0 Å². The van der Waals surface area contributed by atoms with Crippen LogP contribution in [0.3, 0.4) is 0 Å². The van der Waals surface area contributed by atoms with Gasteiger partial charge in [0.25, 0.3) is 0 Å². The van der Waals surface area contributed by atoms with Gasteiger partial charge in [-0.15, -0.1) is 0 Å². The van der Waals surface area contributed by atoms with E-state index in [1.165, 1.54) is 5.56 Å². The molecule has 3 rings (SSSR count). The van der Waals surface area contributed by atoms with Gasteiger partial charge in [-0.05, 0) is 30.2 Å². The van der Waals surface area contributed by atoms with Gasteiger partial charge in [-0.2, -0.15) is 0 Å². The van der Waals surface area contributed by atoms with Crippen LogP contribution in [0.25, 0.3) is 0 Å². The third-order valence-corrected chi connectivity index (χ3v) is 4.22. The third kappa shape index (κ3) is 3.22. The van der Waals surface area contributed by atoms with Crippen LogP contribution in [0.5, 0.6) is 11.5 Å². The van der Waals surface area contributed by atoms with E-state index in [0.717, 1.165) is 21.3 Å². The number of ether oxygens (including phenoxy) is 2. The zero-order valence-corrected chi connectivity index (χ0v) is 13.4. The Morgan fingerprint density at radius 3 is 2.57 bits per heavy atom. The van der Waals surface area contributed by atoms with Crippen LogP contribution in [0.4, 0.5) is 0 Å². The number of rotatable bonds is 3. The quantitative estimate of drug-likeness (QED) is 0.916. The lowest BCUT2D eigenvalue weighted by molar-refractivity contribution is 0.164. The number of hydrogen-bond donors (Lipinski definition) is 1. The lowest BCUT2D eigenvalue weighted by Crippen LogP contribution is -2.16. The van der Waals surface area contributed by atoms with Gasteiger partial charge in [-0.3, -0.25) is 0 Å². The second kappa shape index (κ2) is 6.08. The summed E-state index contributed by atoms with van der Waals surface area (Å²) in [6, 6.07) is 11.9. The van der Waals surface area contributed by atoms with Crippen molar-refractivity contribution in [3.8, 4) is 11.5 Å². The van der Waals surface area contributed by atoms with E-state index in [-0.39, 0.29) is 0 Å². The summed E-state index contributed by atoms with van der Waals surface area (Å²) in [5.41, 5.74) is 3.13. The van der Waals surface area contributed by atoms with Crippen molar-refractivity contribution in [2.75, 3.05) is 13.2 Å². The lowest BCUT2D eigenvalue weighted by Gasteiger charge is -2.21. The van der Waals surface area contributed by atoms with Gasteiger partial charge in [-0.1, -0.05) is 45.8 Å². The molecule has 4 heteroatoms. The average Bonchev–Trinajstić information content (AvgIpc) is 2.46. The fraction of sp³-hybridized carbons (Fsp3) is 0.294. The molecule has 1 aliphatic rings. The standard InChI is InChI=1S/C17H17BrO3/c1-11-3-2-4-12(7-11)8-15(19)13-9-16-17(10-14(13)18)21-6-5-20-16/h2-4,7,9-10,15,19H,5-6,8H2,1H3. The number of halogens is 1. The highest BCUT2D eigenvalue weighted by Crippen LogP contribution is 2.38. The maximum absolute atomic E-state index is 10.5. The minimum Gasteiger partial charge on any atom is -0.486 e. The maximum Gasteiger partial charge on any atom is 0.162 e. The second-order valence-electron chi connectivity index (χ2n) is 5.23. The van der Waals surface area contributed by atoms with Crippen molar-refractivity contribution in [2.45, 2.75) is 19.4 Å². The summed E-state index contributed by atoms with van der Waals surface area (Å²) in [6.45, 7) is 3.16. The highest BCUT2D eigenvalue weighted by molar-refractivity contribution is 9.10. The highest BCUT2D eigenvalue weighted by atomic mass is 79.9. The van der Waals surface area contributed by atoms with E-state index in [9.17, 15) is 5.11 Å². The average molecular weight is 349 g/mol. The summed E-state index contributed by atoms with van der Waals surface area (Å²) >= 11 is 3.51. The minimum absolute atomic E-state index is 0.544. The van der Waals surface area contributed by atoms with Crippen LogP contribution in [0.15, 0.2) is 40.9 Å². The predicted octanol–water partition coefficient (Wildman–Crippen LogP) is 3.80. The molecule has 1 atom stereocenters. The van der Waals surface area contributed by atoms with Crippen molar-refractivity contribution in [2.24, 2.45) is 0 Å². The molecule has 0 bridgehead atoms. The van der Waals surface area contributed by atoms with Crippen molar-refractivity contribution >= 4 is 15.9 Å². The van der Waals surface area contributed by atoms with E-state index in [1.807, 2.05) is 24.3 Å². The molecule has 2 aromatic carbocycles. The molecule has 0 aliphatic carbocycles. The van der Waals surface area contributed by atoms with Gasteiger partial charge in [0, 0.05) is 10.9 Å². The summed E-state index contributed by atoms with van der Waals surface area (Å²) < 4.78 is 12.0. The van der Waals surface area contributed by atoms with Crippen LogP contribution in [0.1, 0.15) is 22.8 Å². The summed E-state index contributed by atoms with van der Waals surface area (Å²) in [5.74, 6) is 1.42. The fourth-order valence-electron chi connectivity index (χ4n) is 2.51. The number of fused-ring (bicyclic) bond motifs is 1. The first-order valence-corrected chi connectivity index (χ1v) is 7.75. The number of hydrogen-bond acceptors (Lipinski definition) is 3. The van der Waals surface area contributed by atoms with E-state index in [0.29, 0.717) is 25.4 Å². The Balaban J connectivity index is 1.85. The summed E-state index contributed by atoms with van der Waals surface area (Å²) in [6.07, 6.45) is -0.0167. The molecule has 0 aromatic heterocycles. The molecular weight excluding hydrogens is 332 g/mol. The molecule has 3 nitrogen and oxygen atoms in total. The first-order chi connectivity index (χ1) is 10.1. The van der Waals surface area contributed by atoms with Gasteiger partial charge in [0.15, 0.2) is 11.5 Å². The van der Waals surface area contributed by atoms with Crippen molar-refractivity contribution in [1.82, 2.24) is 0 Å². The zero-order valence-electron chi connectivity index (χ0n) is 11.8.